The van der Waals surface area contributed by atoms with E-state index in [0.717, 1.165) is 25.9 Å². The monoisotopic (exact) mass is 347 g/mol. The molecule has 0 aliphatic rings. The van der Waals surface area contributed by atoms with Crippen molar-refractivity contribution in [3.05, 3.63) is 12.7 Å². The molecule has 0 atom stereocenters. The summed E-state index contributed by atoms with van der Waals surface area (Å²) in [4.78, 5) is 0. The fraction of sp³-hybridized carbons (Fsp3) is 0.882. The Bertz CT molecular complexity index is 268. The predicted molar refractivity (Wildman–Crippen MR) is 96.9 cm³/mol. The highest BCUT2D eigenvalue weighted by Crippen LogP contribution is 2.11. The molecule has 0 radical (unpaired) electrons. The molecule has 0 bridgehead atoms. The van der Waals surface area contributed by atoms with Crippen LogP contribution >= 0.6 is 0 Å². The maximum atomic E-state index is 5.69. The van der Waals surface area contributed by atoms with Gasteiger partial charge in [0, 0.05) is 31.7 Å². The van der Waals surface area contributed by atoms with E-state index in [1.165, 1.54) is 0 Å². The van der Waals surface area contributed by atoms with Gasteiger partial charge in [-0.1, -0.05) is 6.08 Å². The van der Waals surface area contributed by atoms with Crippen LogP contribution < -0.4 is 17.2 Å². The van der Waals surface area contributed by atoms with Crippen molar-refractivity contribution in [3.63, 3.8) is 0 Å². The lowest BCUT2D eigenvalue weighted by atomic mass is 9.89. The molecule has 0 fully saturated rings. The quantitative estimate of drug-likeness (QED) is 0.227. The minimum atomic E-state index is -0.325. The van der Waals surface area contributed by atoms with Crippen LogP contribution in [0.25, 0.3) is 0 Å². The Hall–Kier alpha value is -0.540. The van der Waals surface area contributed by atoms with Gasteiger partial charge in [0.1, 0.15) is 0 Å². The molecule has 0 heterocycles. The van der Waals surface area contributed by atoms with Crippen molar-refractivity contribution >= 4 is 0 Å². The fourth-order valence-corrected chi connectivity index (χ4v) is 1.87. The van der Waals surface area contributed by atoms with E-state index >= 15 is 0 Å². The molecule has 0 saturated carbocycles. The van der Waals surface area contributed by atoms with Gasteiger partial charge in [-0.3, -0.25) is 0 Å². The minimum Gasteiger partial charge on any atom is -0.379 e. The van der Waals surface area contributed by atoms with E-state index in [1.807, 2.05) is 6.08 Å². The van der Waals surface area contributed by atoms with E-state index in [4.69, 9.17) is 36.1 Å². The van der Waals surface area contributed by atoms with Gasteiger partial charge in [0.15, 0.2) is 0 Å². The summed E-state index contributed by atoms with van der Waals surface area (Å²) in [6.45, 7) is 9.50. The molecule has 0 spiro atoms. The van der Waals surface area contributed by atoms with Gasteiger partial charge < -0.3 is 36.1 Å². The third kappa shape index (κ3) is 12.8. The highest BCUT2D eigenvalue weighted by atomic mass is 16.6. The van der Waals surface area contributed by atoms with Crippen molar-refractivity contribution in [3.8, 4) is 0 Å². The van der Waals surface area contributed by atoms with Crippen LogP contribution in [0, 0.1) is 5.41 Å². The first kappa shape index (κ1) is 23.5. The second-order valence-electron chi connectivity index (χ2n) is 5.79. The zero-order chi connectivity index (χ0) is 17.9. The summed E-state index contributed by atoms with van der Waals surface area (Å²) in [6.07, 6.45) is 5.17. The van der Waals surface area contributed by atoms with Crippen molar-refractivity contribution in [2.24, 2.45) is 22.6 Å². The van der Waals surface area contributed by atoms with Gasteiger partial charge in [0.2, 0.25) is 0 Å². The first-order valence-corrected chi connectivity index (χ1v) is 8.76. The molecule has 0 amide bonds. The Morgan fingerprint density at radius 3 is 1.58 bits per heavy atom. The van der Waals surface area contributed by atoms with Crippen molar-refractivity contribution in [1.29, 1.82) is 0 Å². The first-order valence-electron chi connectivity index (χ1n) is 8.76. The summed E-state index contributed by atoms with van der Waals surface area (Å²) < 4.78 is 21.8. The normalized spacial score (nSPS) is 11.8. The van der Waals surface area contributed by atoms with E-state index in [0.29, 0.717) is 65.9 Å². The van der Waals surface area contributed by atoms with Gasteiger partial charge >= 0.3 is 0 Å². The average molecular weight is 348 g/mol. The molecule has 6 N–H and O–H groups in total. The summed E-state index contributed by atoms with van der Waals surface area (Å²) in [5, 5.41) is 0. The lowest BCUT2D eigenvalue weighted by molar-refractivity contribution is -0.0141. The summed E-state index contributed by atoms with van der Waals surface area (Å²) in [6, 6.07) is 0. The number of unbranched alkanes of at least 4 members (excludes halogenated alkanes) is 2. The van der Waals surface area contributed by atoms with E-state index in [-0.39, 0.29) is 5.41 Å². The zero-order valence-electron chi connectivity index (χ0n) is 15.0. The van der Waals surface area contributed by atoms with E-state index < -0.39 is 0 Å². The van der Waals surface area contributed by atoms with Crippen molar-refractivity contribution in [2.75, 3.05) is 72.5 Å². The Balaban J connectivity index is 3.24. The topological polar surface area (TPSA) is 115 Å². The second-order valence-corrected chi connectivity index (χ2v) is 5.79. The number of allylic oxidation sites excluding steroid dienone is 1. The van der Waals surface area contributed by atoms with E-state index in [1.54, 1.807) is 0 Å². The van der Waals surface area contributed by atoms with Crippen LogP contribution in [-0.2, 0) is 18.9 Å². The molecule has 0 aromatic rings. The van der Waals surface area contributed by atoms with Crippen LogP contribution in [-0.4, -0.2) is 72.5 Å². The molecular weight excluding hydrogens is 310 g/mol. The highest BCUT2D eigenvalue weighted by molar-refractivity contribution is 4.82. The SMILES string of the molecule is C=CCCCCOCCOCCOCCOCC(CN)(CN)CN. The van der Waals surface area contributed by atoms with Crippen molar-refractivity contribution in [2.45, 2.75) is 19.3 Å². The van der Waals surface area contributed by atoms with Gasteiger partial charge in [-0.25, -0.2) is 0 Å². The lowest BCUT2D eigenvalue weighted by Gasteiger charge is -2.28. The van der Waals surface area contributed by atoms with Gasteiger partial charge in [-0.05, 0) is 19.3 Å². The van der Waals surface area contributed by atoms with Gasteiger partial charge in [-0.15, -0.1) is 6.58 Å². The molecule has 0 aromatic heterocycles. The maximum absolute atomic E-state index is 5.69. The lowest BCUT2D eigenvalue weighted by Crippen LogP contribution is -2.47. The number of hydrogen-bond donors (Lipinski definition) is 3. The first-order chi connectivity index (χ1) is 11.7. The Morgan fingerprint density at radius 2 is 1.12 bits per heavy atom. The van der Waals surface area contributed by atoms with E-state index in [2.05, 4.69) is 6.58 Å². The fourth-order valence-electron chi connectivity index (χ4n) is 1.87. The van der Waals surface area contributed by atoms with Crippen LogP contribution in [0.1, 0.15) is 19.3 Å². The number of ether oxygens (including phenoxy) is 4. The predicted octanol–water partition coefficient (Wildman–Crippen LogP) is 0.272. The van der Waals surface area contributed by atoms with E-state index in [9.17, 15) is 0 Å². The number of hydrogen-bond acceptors (Lipinski definition) is 7. The summed E-state index contributed by atoms with van der Waals surface area (Å²) in [7, 11) is 0. The molecule has 7 nitrogen and oxygen atoms in total. The molecule has 0 saturated heterocycles. The molecular formula is C17H37N3O4. The summed E-state index contributed by atoms with van der Waals surface area (Å²) in [5.41, 5.74) is 16.7. The third-order valence-electron chi connectivity index (χ3n) is 3.77. The molecule has 144 valence electrons. The smallest absolute Gasteiger partial charge is 0.0701 e. The number of rotatable bonds is 19. The standard InChI is InChI=1S/C17H37N3O4/c1-2-3-4-5-6-21-7-8-22-9-10-23-11-12-24-16-17(13-18,14-19)15-20/h2H,1,3-16,18-20H2. The third-order valence-corrected chi connectivity index (χ3v) is 3.77. The molecule has 7 heteroatoms. The van der Waals surface area contributed by atoms with Crippen LogP contribution in [0.15, 0.2) is 12.7 Å². The summed E-state index contributed by atoms with van der Waals surface area (Å²) >= 11 is 0. The van der Waals surface area contributed by atoms with Gasteiger partial charge in [0.25, 0.3) is 0 Å². The van der Waals surface area contributed by atoms with Crippen LogP contribution in [0.2, 0.25) is 0 Å². The van der Waals surface area contributed by atoms with Crippen LogP contribution in [0.5, 0.6) is 0 Å². The van der Waals surface area contributed by atoms with Crippen LogP contribution in [0.4, 0.5) is 0 Å². The van der Waals surface area contributed by atoms with Crippen molar-refractivity contribution < 1.29 is 18.9 Å². The Morgan fingerprint density at radius 1 is 0.667 bits per heavy atom. The zero-order valence-corrected chi connectivity index (χ0v) is 15.0. The number of nitrogens with two attached hydrogens (primary N) is 3. The van der Waals surface area contributed by atoms with Crippen LogP contribution in [0.3, 0.4) is 0 Å². The molecule has 0 aliphatic carbocycles. The summed E-state index contributed by atoms with van der Waals surface area (Å²) in [5.74, 6) is 0. The average Bonchev–Trinajstić information content (AvgIpc) is 2.62. The minimum absolute atomic E-state index is 0.325. The highest BCUT2D eigenvalue weighted by Gasteiger charge is 2.25. The maximum Gasteiger partial charge on any atom is 0.0701 e. The largest absolute Gasteiger partial charge is 0.379 e. The van der Waals surface area contributed by atoms with Gasteiger partial charge in [-0.2, -0.15) is 0 Å². The molecule has 24 heavy (non-hydrogen) atoms. The Labute approximate surface area is 146 Å². The molecule has 0 rings (SSSR count). The molecule has 0 unspecified atom stereocenters. The molecule has 0 aromatic carbocycles. The Kier molecular flexibility index (Phi) is 16.9. The second kappa shape index (κ2) is 17.3. The molecule has 0 aliphatic heterocycles. The van der Waals surface area contributed by atoms with Gasteiger partial charge in [0.05, 0.1) is 46.2 Å². The van der Waals surface area contributed by atoms with Crippen molar-refractivity contribution in [1.82, 2.24) is 0 Å².